The summed E-state index contributed by atoms with van der Waals surface area (Å²) in [4.78, 5) is 0. The summed E-state index contributed by atoms with van der Waals surface area (Å²) < 4.78 is 17.8. The van der Waals surface area contributed by atoms with Crippen LogP contribution in [-0.4, -0.2) is 31.9 Å². The third kappa shape index (κ3) is 5.31. The second-order valence-electron chi connectivity index (χ2n) is 8.44. The fraction of sp³-hybridized carbons (Fsp3) is 0.520. The summed E-state index contributed by atoms with van der Waals surface area (Å²) in [7, 11) is 1.76. The predicted octanol–water partition coefficient (Wildman–Crippen LogP) is 5.07. The first-order valence-electron chi connectivity index (χ1n) is 11.0. The van der Waals surface area contributed by atoms with Gasteiger partial charge in [-0.05, 0) is 74.8 Å². The topological polar surface area (TPSA) is 39.7 Å². The van der Waals surface area contributed by atoms with E-state index in [9.17, 15) is 0 Å². The van der Waals surface area contributed by atoms with Gasteiger partial charge in [-0.1, -0.05) is 30.3 Å². The maximum absolute atomic E-state index is 6.33. The number of nitrogens with one attached hydrogen (secondary N) is 1. The molecular weight excluding hydrogens is 362 g/mol. The zero-order valence-electron chi connectivity index (χ0n) is 17.6. The molecule has 2 aromatic rings. The Hall–Kier alpha value is -2.04. The summed E-state index contributed by atoms with van der Waals surface area (Å²) in [6, 6.07) is 17.8. The first-order chi connectivity index (χ1) is 14.2. The number of ether oxygens (including phenoxy) is 3. The van der Waals surface area contributed by atoms with Crippen molar-refractivity contribution in [1.29, 1.82) is 0 Å². The van der Waals surface area contributed by atoms with E-state index >= 15 is 0 Å². The smallest absolute Gasteiger partial charge is 0.124 e. The SMILES string of the molecule is COCC(C)NC1CCC(Oc2ccc3c(c2)CCC(c2ccccc2)O3)CC1. The van der Waals surface area contributed by atoms with Gasteiger partial charge in [0.2, 0.25) is 0 Å². The maximum Gasteiger partial charge on any atom is 0.124 e. The molecule has 0 amide bonds. The zero-order valence-corrected chi connectivity index (χ0v) is 17.6. The largest absolute Gasteiger partial charge is 0.490 e. The van der Waals surface area contributed by atoms with Crippen LogP contribution in [0.4, 0.5) is 0 Å². The number of hydrogen-bond donors (Lipinski definition) is 1. The van der Waals surface area contributed by atoms with Gasteiger partial charge in [0.15, 0.2) is 0 Å². The lowest BCUT2D eigenvalue weighted by atomic mass is 9.92. The molecule has 29 heavy (non-hydrogen) atoms. The molecule has 1 heterocycles. The lowest BCUT2D eigenvalue weighted by Crippen LogP contribution is -2.42. The summed E-state index contributed by atoms with van der Waals surface area (Å²) in [5, 5.41) is 3.67. The Labute approximate surface area is 174 Å². The van der Waals surface area contributed by atoms with E-state index < -0.39 is 0 Å². The van der Waals surface area contributed by atoms with Gasteiger partial charge in [-0.3, -0.25) is 0 Å². The normalized spacial score (nSPS) is 25.0. The van der Waals surface area contributed by atoms with E-state index in [1.54, 1.807) is 7.11 Å². The molecule has 1 saturated carbocycles. The minimum Gasteiger partial charge on any atom is -0.490 e. The van der Waals surface area contributed by atoms with E-state index in [4.69, 9.17) is 14.2 Å². The summed E-state index contributed by atoms with van der Waals surface area (Å²) in [6.07, 6.45) is 7.01. The Morgan fingerprint density at radius 3 is 2.59 bits per heavy atom. The first-order valence-corrected chi connectivity index (χ1v) is 11.0. The monoisotopic (exact) mass is 395 g/mol. The summed E-state index contributed by atoms with van der Waals surface area (Å²) in [5.41, 5.74) is 2.52. The molecule has 1 aliphatic heterocycles. The predicted molar refractivity (Wildman–Crippen MR) is 116 cm³/mol. The molecule has 4 rings (SSSR count). The highest BCUT2D eigenvalue weighted by atomic mass is 16.5. The zero-order chi connectivity index (χ0) is 20.1. The van der Waals surface area contributed by atoms with Gasteiger partial charge >= 0.3 is 0 Å². The van der Waals surface area contributed by atoms with Crippen LogP contribution in [0, 0.1) is 0 Å². The van der Waals surface area contributed by atoms with Crippen molar-refractivity contribution in [1.82, 2.24) is 5.32 Å². The molecule has 1 N–H and O–H groups in total. The van der Waals surface area contributed by atoms with Crippen molar-refractivity contribution in [2.75, 3.05) is 13.7 Å². The van der Waals surface area contributed by atoms with Crippen molar-refractivity contribution < 1.29 is 14.2 Å². The molecule has 0 radical (unpaired) electrons. The van der Waals surface area contributed by atoms with Crippen LogP contribution < -0.4 is 14.8 Å². The highest BCUT2D eigenvalue weighted by Gasteiger charge is 2.25. The van der Waals surface area contributed by atoms with Gasteiger partial charge in [0.05, 0.1) is 12.7 Å². The van der Waals surface area contributed by atoms with E-state index in [0.717, 1.165) is 56.6 Å². The van der Waals surface area contributed by atoms with Gasteiger partial charge in [-0.2, -0.15) is 0 Å². The lowest BCUT2D eigenvalue weighted by Gasteiger charge is -2.32. The second kappa shape index (κ2) is 9.64. The van der Waals surface area contributed by atoms with Crippen LogP contribution in [0.25, 0.3) is 0 Å². The Morgan fingerprint density at radius 1 is 1.03 bits per heavy atom. The van der Waals surface area contributed by atoms with E-state index in [0.29, 0.717) is 18.2 Å². The molecule has 2 unspecified atom stereocenters. The van der Waals surface area contributed by atoms with Crippen LogP contribution in [0.3, 0.4) is 0 Å². The molecule has 0 bridgehead atoms. The standard InChI is InChI=1S/C25H33NO3/c1-18(17-27-2)26-21-9-11-22(12-10-21)28-23-13-15-25-20(16-23)8-14-24(29-25)19-6-4-3-5-7-19/h3-7,13,15-16,18,21-22,24,26H,8-12,14,17H2,1-2H3. The average molecular weight is 396 g/mol. The van der Waals surface area contributed by atoms with Crippen molar-refractivity contribution in [3.63, 3.8) is 0 Å². The number of fused-ring (bicyclic) bond motifs is 1. The van der Waals surface area contributed by atoms with Gasteiger partial charge in [0.1, 0.15) is 17.6 Å². The molecule has 0 saturated heterocycles. The molecule has 2 aromatic carbocycles. The maximum atomic E-state index is 6.33. The Bertz CT molecular complexity index is 771. The van der Waals surface area contributed by atoms with Gasteiger partial charge in [0.25, 0.3) is 0 Å². The summed E-state index contributed by atoms with van der Waals surface area (Å²) >= 11 is 0. The number of hydrogen-bond acceptors (Lipinski definition) is 4. The fourth-order valence-electron chi connectivity index (χ4n) is 4.58. The van der Waals surface area contributed by atoms with Crippen LogP contribution in [-0.2, 0) is 11.2 Å². The number of aryl methyl sites for hydroxylation is 1. The molecule has 4 nitrogen and oxygen atoms in total. The van der Waals surface area contributed by atoms with Gasteiger partial charge < -0.3 is 19.5 Å². The second-order valence-corrected chi connectivity index (χ2v) is 8.44. The van der Waals surface area contributed by atoms with Gasteiger partial charge in [0, 0.05) is 19.2 Å². The van der Waals surface area contributed by atoms with Crippen LogP contribution in [0.2, 0.25) is 0 Å². The Kier molecular flexibility index (Phi) is 6.73. The van der Waals surface area contributed by atoms with Crippen molar-refractivity contribution in [3.8, 4) is 11.5 Å². The van der Waals surface area contributed by atoms with Gasteiger partial charge in [-0.25, -0.2) is 0 Å². The Morgan fingerprint density at radius 2 is 1.83 bits per heavy atom. The van der Waals surface area contributed by atoms with E-state index in [-0.39, 0.29) is 6.10 Å². The van der Waals surface area contributed by atoms with Gasteiger partial charge in [-0.15, -0.1) is 0 Å². The number of methoxy groups -OCH3 is 1. The minimum absolute atomic E-state index is 0.152. The Balaban J connectivity index is 1.29. The number of rotatable bonds is 7. The molecule has 2 atom stereocenters. The average Bonchev–Trinajstić information content (AvgIpc) is 2.75. The molecule has 0 aromatic heterocycles. The van der Waals surface area contributed by atoms with E-state index in [2.05, 4.69) is 54.7 Å². The molecule has 4 heteroatoms. The van der Waals surface area contributed by atoms with Crippen LogP contribution in [0.15, 0.2) is 48.5 Å². The van der Waals surface area contributed by atoms with Crippen LogP contribution in [0.5, 0.6) is 11.5 Å². The molecular formula is C25H33NO3. The third-order valence-corrected chi connectivity index (χ3v) is 6.06. The van der Waals surface area contributed by atoms with Crippen LogP contribution >= 0.6 is 0 Å². The fourth-order valence-corrected chi connectivity index (χ4v) is 4.58. The van der Waals surface area contributed by atoms with Crippen molar-refractivity contribution in [2.45, 2.75) is 69.7 Å². The number of benzene rings is 2. The van der Waals surface area contributed by atoms with Crippen molar-refractivity contribution in [3.05, 3.63) is 59.7 Å². The van der Waals surface area contributed by atoms with E-state index in [1.807, 2.05) is 6.07 Å². The first kappa shape index (κ1) is 20.2. The van der Waals surface area contributed by atoms with E-state index in [1.165, 1.54) is 11.1 Å². The quantitative estimate of drug-likeness (QED) is 0.711. The third-order valence-electron chi connectivity index (χ3n) is 6.06. The highest BCUT2D eigenvalue weighted by Crippen LogP contribution is 2.37. The van der Waals surface area contributed by atoms with Crippen molar-refractivity contribution >= 4 is 0 Å². The van der Waals surface area contributed by atoms with Crippen molar-refractivity contribution in [2.24, 2.45) is 0 Å². The molecule has 1 aliphatic carbocycles. The van der Waals surface area contributed by atoms with Crippen LogP contribution in [0.1, 0.15) is 56.3 Å². The molecule has 156 valence electrons. The highest BCUT2D eigenvalue weighted by molar-refractivity contribution is 5.42. The molecule has 0 spiro atoms. The molecule has 2 aliphatic rings. The minimum atomic E-state index is 0.152. The lowest BCUT2D eigenvalue weighted by molar-refractivity contribution is 0.124. The molecule has 1 fully saturated rings. The summed E-state index contributed by atoms with van der Waals surface area (Å²) in [5.74, 6) is 1.98. The summed E-state index contributed by atoms with van der Waals surface area (Å²) in [6.45, 7) is 2.95.